The van der Waals surface area contributed by atoms with E-state index in [9.17, 15) is 8.42 Å². The van der Waals surface area contributed by atoms with E-state index in [0.717, 1.165) is 0 Å². The third kappa shape index (κ3) is 1.22. The number of rotatable bonds is 1. The molecule has 1 aromatic heterocycles. The average Bonchev–Trinajstić information content (AvgIpc) is 2.48. The third-order valence-corrected chi connectivity index (χ3v) is 2.83. The smallest absolute Gasteiger partial charge is 0.297 e. The largest absolute Gasteiger partial charge is 0.398 e. The van der Waals surface area contributed by atoms with Crippen LogP contribution >= 0.6 is 0 Å². The van der Waals surface area contributed by atoms with Gasteiger partial charge in [-0.15, -0.1) is 0 Å². The number of hydrogen-bond acceptors (Lipinski definition) is 4. The Morgan fingerprint density at radius 1 is 1.43 bits per heavy atom. The van der Waals surface area contributed by atoms with Gasteiger partial charge < -0.3 is 5.73 Å². The molecular formula is C7H7N3O3S. The Hall–Kier alpha value is -1.60. The molecule has 0 aliphatic rings. The van der Waals surface area contributed by atoms with E-state index < -0.39 is 10.1 Å². The van der Waals surface area contributed by atoms with Gasteiger partial charge in [-0.25, -0.2) is 0 Å². The summed E-state index contributed by atoms with van der Waals surface area (Å²) < 4.78 is 30.9. The minimum Gasteiger partial charge on any atom is -0.398 e. The van der Waals surface area contributed by atoms with Crippen molar-refractivity contribution in [2.45, 2.75) is 4.90 Å². The Balaban J connectivity index is 2.98. The van der Waals surface area contributed by atoms with Crippen molar-refractivity contribution in [1.82, 2.24) is 10.2 Å². The molecule has 0 bridgehead atoms. The van der Waals surface area contributed by atoms with Crippen molar-refractivity contribution < 1.29 is 13.0 Å². The SMILES string of the molecule is Nc1ccc2[nH]ncc2c1S(=O)(=O)O. The molecule has 0 saturated heterocycles. The molecular weight excluding hydrogens is 206 g/mol. The number of aromatic amines is 1. The van der Waals surface area contributed by atoms with Gasteiger partial charge in [0.1, 0.15) is 4.90 Å². The van der Waals surface area contributed by atoms with Crippen LogP contribution < -0.4 is 5.73 Å². The summed E-state index contributed by atoms with van der Waals surface area (Å²) in [5.74, 6) is 0. The molecule has 4 N–H and O–H groups in total. The molecule has 2 rings (SSSR count). The Morgan fingerprint density at radius 2 is 2.14 bits per heavy atom. The molecule has 6 nitrogen and oxygen atoms in total. The standard InChI is InChI=1S/C7H7N3O3S/c8-5-1-2-6-4(3-9-10-6)7(5)14(11,12)13/h1-3H,8H2,(H,9,10)(H,11,12,13). The maximum atomic E-state index is 11.0. The van der Waals surface area contributed by atoms with Crippen LogP contribution in [0.3, 0.4) is 0 Å². The predicted molar refractivity (Wildman–Crippen MR) is 50.3 cm³/mol. The van der Waals surface area contributed by atoms with Crippen molar-refractivity contribution in [1.29, 1.82) is 0 Å². The Morgan fingerprint density at radius 3 is 2.79 bits per heavy atom. The van der Waals surface area contributed by atoms with Gasteiger partial charge in [0, 0.05) is 5.39 Å². The number of nitrogens with one attached hydrogen (secondary N) is 1. The lowest BCUT2D eigenvalue weighted by atomic mass is 10.2. The van der Waals surface area contributed by atoms with Gasteiger partial charge in [0.25, 0.3) is 10.1 Å². The maximum absolute atomic E-state index is 11.0. The summed E-state index contributed by atoms with van der Waals surface area (Å²) in [5, 5.41) is 6.52. The predicted octanol–water partition coefficient (Wildman–Crippen LogP) is 0.392. The van der Waals surface area contributed by atoms with Crippen molar-refractivity contribution in [2.24, 2.45) is 0 Å². The zero-order chi connectivity index (χ0) is 10.3. The molecule has 0 radical (unpaired) electrons. The fourth-order valence-corrected chi connectivity index (χ4v) is 2.10. The van der Waals surface area contributed by atoms with Gasteiger partial charge in [-0.1, -0.05) is 0 Å². The molecule has 0 aliphatic heterocycles. The summed E-state index contributed by atoms with van der Waals surface area (Å²) in [5.41, 5.74) is 5.96. The summed E-state index contributed by atoms with van der Waals surface area (Å²) in [6, 6.07) is 2.98. The monoisotopic (exact) mass is 213 g/mol. The molecule has 7 heteroatoms. The minimum atomic E-state index is -4.31. The van der Waals surface area contributed by atoms with Crippen LogP contribution in [-0.2, 0) is 10.1 Å². The van der Waals surface area contributed by atoms with Gasteiger partial charge in [-0.2, -0.15) is 13.5 Å². The van der Waals surface area contributed by atoms with E-state index in [1.54, 1.807) is 6.07 Å². The van der Waals surface area contributed by atoms with Crippen LogP contribution in [0.2, 0.25) is 0 Å². The second-order valence-corrected chi connectivity index (χ2v) is 4.15. The Kier molecular flexibility index (Phi) is 1.73. The molecule has 0 spiro atoms. The summed E-state index contributed by atoms with van der Waals surface area (Å²) in [6.45, 7) is 0. The fourth-order valence-electron chi connectivity index (χ4n) is 1.30. The summed E-state index contributed by atoms with van der Waals surface area (Å²) >= 11 is 0. The van der Waals surface area contributed by atoms with E-state index in [2.05, 4.69) is 10.2 Å². The molecule has 74 valence electrons. The van der Waals surface area contributed by atoms with E-state index in [1.165, 1.54) is 12.3 Å². The Labute approximate surface area is 79.5 Å². The van der Waals surface area contributed by atoms with Crippen molar-refractivity contribution in [2.75, 3.05) is 5.73 Å². The average molecular weight is 213 g/mol. The molecule has 0 fully saturated rings. The second-order valence-electron chi connectivity index (χ2n) is 2.79. The highest BCUT2D eigenvalue weighted by molar-refractivity contribution is 7.86. The quantitative estimate of drug-likeness (QED) is 0.469. The first-order chi connectivity index (χ1) is 6.50. The first-order valence-electron chi connectivity index (χ1n) is 3.69. The molecule has 0 saturated carbocycles. The number of benzene rings is 1. The van der Waals surface area contributed by atoms with Crippen molar-refractivity contribution in [3.05, 3.63) is 18.3 Å². The van der Waals surface area contributed by atoms with Gasteiger partial charge in [-0.05, 0) is 12.1 Å². The van der Waals surface area contributed by atoms with Crippen LogP contribution in [0.5, 0.6) is 0 Å². The van der Waals surface area contributed by atoms with Crippen molar-refractivity contribution in [3.8, 4) is 0 Å². The highest BCUT2D eigenvalue weighted by atomic mass is 32.2. The molecule has 0 amide bonds. The number of anilines is 1. The van der Waals surface area contributed by atoms with Crippen LogP contribution in [0.15, 0.2) is 23.2 Å². The zero-order valence-corrected chi connectivity index (χ0v) is 7.75. The highest BCUT2D eigenvalue weighted by Gasteiger charge is 2.18. The molecule has 0 unspecified atom stereocenters. The van der Waals surface area contributed by atoms with Crippen LogP contribution in [-0.4, -0.2) is 23.2 Å². The van der Waals surface area contributed by atoms with Gasteiger partial charge >= 0.3 is 0 Å². The van der Waals surface area contributed by atoms with E-state index in [1.807, 2.05) is 0 Å². The number of nitrogens with zero attached hydrogens (tertiary/aromatic N) is 1. The maximum Gasteiger partial charge on any atom is 0.297 e. The van der Waals surface area contributed by atoms with E-state index in [4.69, 9.17) is 10.3 Å². The normalized spacial score (nSPS) is 12.1. The first kappa shape index (κ1) is 8.97. The summed E-state index contributed by atoms with van der Waals surface area (Å²) in [6.07, 6.45) is 1.30. The minimum absolute atomic E-state index is 0.00130. The lowest BCUT2D eigenvalue weighted by Gasteiger charge is -2.02. The first-order valence-corrected chi connectivity index (χ1v) is 5.13. The van der Waals surface area contributed by atoms with Crippen LogP contribution in [0.4, 0.5) is 5.69 Å². The summed E-state index contributed by atoms with van der Waals surface area (Å²) in [7, 11) is -4.31. The van der Waals surface area contributed by atoms with Crippen molar-refractivity contribution >= 4 is 26.7 Å². The van der Waals surface area contributed by atoms with E-state index >= 15 is 0 Å². The number of hydrogen-bond donors (Lipinski definition) is 3. The van der Waals surface area contributed by atoms with Crippen LogP contribution in [0, 0.1) is 0 Å². The molecule has 14 heavy (non-hydrogen) atoms. The van der Waals surface area contributed by atoms with Gasteiger partial charge in [0.15, 0.2) is 0 Å². The highest BCUT2D eigenvalue weighted by Crippen LogP contribution is 2.26. The number of nitrogen functional groups attached to an aromatic ring is 1. The number of nitrogens with two attached hydrogens (primary N) is 1. The zero-order valence-electron chi connectivity index (χ0n) is 6.93. The molecule has 2 aromatic rings. The van der Waals surface area contributed by atoms with Crippen LogP contribution in [0.1, 0.15) is 0 Å². The van der Waals surface area contributed by atoms with Gasteiger partial charge in [0.05, 0.1) is 17.4 Å². The molecule has 1 heterocycles. The second kappa shape index (κ2) is 2.69. The van der Waals surface area contributed by atoms with Gasteiger partial charge in [-0.3, -0.25) is 9.65 Å². The molecule has 0 atom stereocenters. The van der Waals surface area contributed by atoms with E-state index in [0.29, 0.717) is 5.52 Å². The third-order valence-electron chi connectivity index (χ3n) is 1.86. The fraction of sp³-hybridized carbons (Fsp3) is 0. The van der Waals surface area contributed by atoms with Crippen LogP contribution in [0.25, 0.3) is 10.9 Å². The van der Waals surface area contributed by atoms with E-state index in [-0.39, 0.29) is 16.0 Å². The number of aromatic nitrogens is 2. The lowest BCUT2D eigenvalue weighted by molar-refractivity contribution is 0.484. The van der Waals surface area contributed by atoms with Crippen molar-refractivity contribution in [3.63, 3.8) is 0 Å². The molecule has 1 aromatic carbocycles. The number of H-pyrrole nitrogens is 1. The molecule has 0 aliphatic carbocycles. The number of fused-ring (bicyclic) bond motifs is 1. The summed E-state index contributed by atoms with van der Waals surface area (Å²) in [4.78, 5) is -0.302. The topological polar surface area (TPSA) is 109 Å². The van der Waals surface area contributed by atoms with Gasteiger partial charge in [0.2, 0.25) is 0 Å². The lowest BCUT2D eigenvalue weighted by Crippen LogP contribution is -2.03. The Bertz CT molecular complexity index is 587.